The molecule has 0 bridgehead atoms. The Morgan fingerprint density at radius 3 is 2.47 bits per heavy atom. The Labute approximate surface area is 105 Å². The van der Waals surface area contributed by atoms with Crippen LogP contribution in [-0.4, -0.2) is 23.7 Å². The molecule has 0 radical (unpaired) electrons. The van der Waals surface area contributed by atoms with Crippen LogP contribution >= 0.6 is 0 Å². The lowest BCUT2D eigenvalue weighted by Gasteiger charge is -2.36. The van der Waals surface area contributed by atoms with Gasteiger partial charge in [-0.05, 0) is 38.5 Å². The highest BCUT2D eigenvalue weighted by Crippen LogP contribution is 2.30. The zero-order valence-corrected chi connectivity index (χ0v) is 11.6. The van der Waals surface area contributed by atoms with Gasteiger partial charge in [-0.3, -0.25) is 4.79 Å². The summed E-state index contributed by atoms with van der Waals surface area (Å²) in [7, 11) is 0. The van der Waals surface area contributed by atoms with Gasteiger partial charge in [0.1, 0.15) is 0 Å². The van der Waals surface area contributed by atoms with E-state index in [1.165, 1.54) is 25.7 Å². The molecule has 0 heterocycles. The number of nitrogens with one attached hydrogen (secondary N) is 1. The fourth-order valence-corrected chi connectivity index (χ4v) is 2.67. The van der Waals surface area contributed by atoms with E-state index in [-0.39, 0.29) is 0 Å². The van der Waals surface area contributed by atoms with Gasteiger partial charge in [0.05, 0.1) is 5.41 Å². The standard InChI is InChI=1S/C14H27NO2/c1-10(2)11-7-5-6-8-12(11)15-9-14(3,4)13(16)17/h10-12,15H,5-9H2,1-4H3,(H,16,17). The Bertz CT molecular complexity index is 261. The normalized spacial score (nSPS) is 26.2. The van der Waals surface area contributed by atoms with E-state index in [1.807, 2.05) is 0 Å². The molecule has 0 aromatic heterocycles. The summed E-state index contributed by atoms with van der Waals surface area (Å²) in [6.45, 7) is 8.68. The Hall–Kier alpha value is -0.570. The zero-order chi connectivity index (χ0) is 13.1. The van der Waals surface area contributed by atoms with E-state index in [1.54, 1.807) is 13.8 Å². The van der Waals surface area contributed by atoms with Crippen LogP contribution in [-0.2, 0) is 4.79 Å². The smallest absolute Gasteiger partial charge is 0.310 e. The molecule has 2 atom stereocenters. The van der Waals surface area contributed by atoms with Crippen molar-refractivity contribution in [2.45, 2.75) is 59.4 Å². The van der Waals surface area contributed by atoms with Crippen molar-refractivity contribution in [2.24, 2.45) is 17.3 Å². The minimum Gasteiger partial charge on any atom is -0.481 e. The summed E-state index contributed by atoms with van der Waals surface area (Å²) in [4.78, 5) is 11.1. The van der Waals surface area contributed by atoms with E-state index in [2.05, 4.69) is 19.2 Å². The summed E-state index contributed by atoms with van der Waals surface area (Å²) < 4.78 is 0. The molecule has 0 aromatic carbocycles. The SMILES string of the molecule is CC(C)C1CCCCC1NCC(C)(C)C(=O)O. The lowest BCUT2D eigenvalue weighted by molar-refractivity contribution is -0.146. The van der Waals surface area contributed by atoms with Crippen molar-refractivity contribution in [2.75, 3.05) is 6.54 Å². The molecule has 0 spiro atoms. The maximum Gasteiger partial charge on any atom is 0.310 e. The number of carboxylic acids is 1. The number of aliphatic carboxylic acids is 1. The summed E-state index contributed by atoms with van der Waals surface area (Å²) in [6, 6.07) is 0.502. The van der Waals surface area contributed by atoms with Crippen LogP contribution in [0.5, 0.6) is 0 Å². The molecule has 3 heteroatoms. The first kappa shape index (κ1) is 14.5. The van der Waals surface area contributed by atoms with E-state index < -0.39 is 11.4 Å². The minimum atomic E-state index is -0.720. The second-order valence-corrected chi connectivity index (χ2v) is 6.37. The molecular formula is C14H27NO2. The van der Waals surface area contributed by atoms with Gasteiger partial charge in [-0.25, -0.2) is 0 Å². The summed E-state index contributed by atoms with van der Waals surface area (Å²) >= 11 is 0. The van der Waals surface area contributed by atoms with Crippen molar-refractivity contribution in [1.82, 2.24) is 5.32 Å². The third kappa shape index (κ3) is 3.98. The number of hydrogen-bond donors (Lipinski definition) is 2. The van der Waals surface area contributed by atoms with Crippen LogP contribution in [0, 0.1) is 17.3 Å². The van der Waals surface area contributed by atoms with Gasteiger partial charge in [0.15, 0.2) is 0 Å². The summed E-state index contributed by atoms with van der Waals surface area (Å²) in [6.07, 6.45) is 5.07. The van der Waals surface area contributed by atoms with Crippen molar-refractivity contribution < 1.29 is 9.90 Å². The molecule has 0 saturated heterocycles. The van der Waals surface area contributed by atoms with Crippen molar-refractivity contribution in [3.05, 3.63) is 0 Å². The maximum atomic E-state index is 11.1. The molecule has 2 unspecified atom stereocenters. The largest absolute Gasteiger partial charge is 0.481 e. The van der Waals surface area contributed by atoms with Crippen LogP contribution in [0.15, 0.2) is 0 Å². The predicted molar refractivity (Wildman–Crippen MR) is 70.0 cm³/mol. The predicted octanol–water partition coefficient (Wildman–Crippen LogP) is 2.90. The van der Waals surface area contributed by atoms with Crippen LogP contribution < -0.4 is 5.32 Å². The van der Waals surface area contributed by atoms with Gasteiger partial charge < -0.3 is 10.4 Å². The number of rotatable bonds is 5. The molecule has 1 rings (SSSR count). The van der Waals surface area contributed by atoms with Gasteiger partial charge in [-0.2, -0.15) is 0 Å². The second kappa shape index (κ2) is 5.85. The maximum absolute atomic E-state index is 11.1. The molecule has 1 fully saturated rings. The molecule has 3 nitrogen and oxygen atoms in total. The third-order valence-electron chi connectivity index (χ3n) is 4.06. The van der Waals surface area contributed by atoms with Crippen molar-refractivity contribution >= 4 is 5.97 Å². The molecule has 17 heavy (non-hydrogen) atoms. The highest BCUT2D eigenvalue weighted by atomic mass is 16.4. The van der Waals surface area contributed by atoms with Crippen LogP contribution in [0.3, 0.4) is 0 Å². The lowest BCUT2D eigenvalue weighted by Crippen LogP contribution is -2.46. The van der Waals surface area contributed by atoms with Gasteiger partial charge in [0, 0.05) is 12.6 Å². The molecule has 1 aliphatic carbocycles. The topological polar surface area (TPSA) is 49.3 Å². The minimum absolute atomic E-state index is 0.502. The van der Waals surface area contributed by atoms with Crippen LogP contribution in [0.4, 0.5) is 0 Å². The number of carbonyl (C=O) groups is 1. The molecule has 0 aromatic rings. The van der Waals surface area contributed by atoms with Crippen LogP contribution in [0.25, 0.3) is 0 Å². The van der Waals surface area contributed by atoms with Crippen molar-refractivity contribution in [1.29, 1.82) is 0 Å². The lowest BCUT2D eigenvalue weighted by atomic mass is 9.77. The van der Waals surface area contributed by atoms with E-state index in [0.29, 0.717) is 24.4 Å². The quantitative estimate of drug-likeness (QED) is 0.778. The Balaban J connectivity index is 2.51. The van der Waals surface area contributed by atoms with Crippen LogP contribution in [0.1, 0.15) is 53.4 Å². The van der Waals surface area contributed by atoms with Crippen molar-refractivity contribution in [3.63, 3.8) is 0 Å². The molecule has 0 aliphatic heterocycles. The summed E-state index contributed by atoms with van der Waals surface area (Å²) in [5, 5.41) is 12.6. The molecular weight excluding hydrogens is 214 g/mol. The summed E-state index contributed by atoms with van der Waals surface area (Å²) in [5.74, 6) is 0.663. The van der Waals surface area contributed by atoms with Gasteiger partial charge in [0.25, 0.3) is 0 Å². The third-order valence-corrected chi connectivity index (χ3v) is 4.06. The average molecular weight is 241 g/mol. The highest BCUT2D eigenvalue weighted by Gasteiger charge is 2.31. The summed E-state index contributed by atoms with van der Waals surface area (Å²) in [5.41, 5.74) is -0.668. The van der Waals surface area contributed by atoms with E-state index in [0.717, 1.165) is 0 Å². The number of carboxylic acid groups (broad SMARTS) is 1. The van der Waals surface area contributed by atoms with Crippen LogP contribution in [0.2, 0.25) is 0 Å². The van der Waals surface area contributed by atoms with E-state index >= 15 is 0 Å². The fourth-order valence-electron chi connectivity index (χ4n) is 2.67. The molecule has 1 saturated carbocycles. The van der Waals surface area contributed by atoms with E-state index in [4.69, 9.17) is 5.11 Å². The second-order valence-electron chi connectivity index (χ2n) is 6.37. The number of hydrogen-bond acceptors (Lipinski definition) is 2. The molecule has 1 aliphatic rings. The van der Waals surface area contributed by atoms with Gasteiger partial charge in [-0.15, -0.1) is 0 Å². The van der Waals surface area contributed by atoms with Gasteiger partial charge >= 0.3 is 5.97 Å². The molecule has 0 amide bonds. The monoisotopic (exact) mass is 241 g/mol. The van der Waals surface area contributed by atoms with Crippen molar-refractivity contribution in [3.8, 4) is 0 Å². The molecule has 2 N–H and O–H groups in total. The Morgan fingerprint density at radius 2 is 1.94 bits per heavy atom. The first-order chi connectivity index (χ1) is 7.84. The molecule has 100 valence electrons. The van der Waals surface area contributed by atoms with E-state index in [9.17, 15) is 4.79 Å². The Kier molecular flexibility index (Phi) is 4.99. The first-order valence-electron chi connectivity index (χ1n) is 6.81. The van der Waals surface area contributed by atoms with Gasteiger partial charge in [-0.1, -0.05) is 26.7 Å². The first-order valence-corrected chi connectivity index (χ1v) is 6.81. The fraction of sp³-hybridized carbons (Fsp3) is 0.929. The van der Waals surface area contributed by atoms with Gasteiger partial charge in [0.2, 0.25) is 0 Å². The average Bonchev–Trinajstić information content (AvgIpc) is 2.26. The highest BCUT2D eigenvalue weighted by molar-refractivity contribution is 5.73. The Morgan fingerprint density at radius 1 is 1.35 bits per heavy atom. The zero-order valence-electron chi connectivity index (χ0n) is 11.6.